The van der Waals surface area contributed by atoms with Crippen LogP contribution in [0.1, 0.15) is 65.9 Å². The van der Waals surface area contributed by atoms with Crippen LogP contribution in [0.5, 0.6) is 0 Å². The summed E-state index contributed by atoms with van der Waals surface area (Å²) in [6, 6.07) is 16.3. The summed E-state index contributed by atoms with van der Waals surface area (Å²) in [5.74, 6) is 0.606. The van der Waals surface area contributed by atoms with Gasteiger partial charge in [-0.15, -0.1) is 6.58 Å². The molecule has 1 aliphatic rings. The molecule has 1 aliphatic carbocycles. The number of hydrogen-bond acceptors (Lipinski definition) is 3. The molecule has 2 N–H and O–H groups in total. The van der Waals surface area contributed by atoms with Crippen molar-refractivity contribution in [1.29, 1.82) is 0 Å². The molecule has 0 atom stereocenters. The lowest BCUT2D eigenvalue weighted by molar-refractivity contribution is 0.0655. The number of carbonyl (C=O) groups is 1. The molecule has 0 spiro atoms. The Hall–Kier alpha value is -2.14. The Morgan fingerprint density at radius 3 is 2.38 bits per heavy atom. The molecule has 172 valence electrons. The standard InChI is InChI=1S/C27H35ClN2O2/c1-2-18-30(27(32)24-9-13-25(28)14-10-24)26-15-11-23(12-16-26)22-7-5-21(6-8-22)20-29-17-3-4-19-31/h2,5-10,13-14,23,26,29,31H,1,3-4,11-12,15-20H2. The zero-order valence-electron chi connectivity index (χ0n) is 18.8. The summed E-state index contributed by atoms with van der Waals surface area (Å²) < 4.78 is 0. The van der Waals surface area contributed by atoms with Crippen molar-refractivity contribution >= 4 is 17.5 Å². The fraction of sp³-hybridized carbons (Fsp3) is 0.444. The summed E-state index contributed by atoms with van der Waals surface area (Å²) in [6.45, 7) is 6.49. The van der Waals surface area contributed by atoms with E-state index < -0.39 is 0 Å². The van der Waals surface area contributed by atoms with Gasteiger partial charge in [0.15, 0.2) is 0 Å². The number of halogens is 1. The average Bonchev–Trinajstić information content (AvgIpc) is 2.83. The van der Waals surface area contributed by atoms with Crippen molar-refractivity contribution in [3.63, 3.8) is 0 Å². The van der Waals surface area contributed by atoms with E-state index in [1.54, 1.807) is 24.3 Å². The first-order chi connectivity index (χ1) is 15.6. The zero-order valence-corrected chi connectivity index (χ0v) is 19.6. The molecular formula is C27H35ClN2O2. The lowest BCUT2D eigenvalue weighted by Crippen LogP contribution is -2.42. The Labute approximate surface area is 197 Å². The second kappa shape index (κ2) is 12.8. The fourth-order valence-corrected chi connectivity index (χ4v) is 4.64. The van der Waals surface area contributed by atoms with Gasteiger partial charge in [-0.1, -0.05) is 41.9 Å². The van der Waals surface area contributed by atoms with Crippen LogP contribution >= 0.6 is 11.6 Å². The number of aliphatic hydroxyl groups excluding tert-OH is 1. The molecule has 0 heterocycles. The Morgan fingerprint density at radius 1 is 1.06 bits per heavy atom. The number of unbranched alkanes of at least 4 members (excludes halogenated alkanes) is 1. The van der Waals surface area contributed by atoms with Gasteiger partial charge in [-0.3, -0.25) is 4.79 Å². The highest BCUT2D eigenvalue weighted by Gasteiger charge is 2.29. The van der Waals surface area contributed by atoms with E-state index >= 15 is 0 Å². The van der Waals surface area contributed by atoms with Crippen molar-refractivity contribution in [1.82, 2.24) is 10.2 Å². The van der Waals surface area contributed by atoms with Crippen LogP contribution in [-0.4, -0.2) is 41.7 Å². The highest BCUT2D eigenvalue weighted by atomic mass is 35.5. The summed E-state index contributed by atoms with van der Waals surface area (Å²) in [4.78, 5) is 15.1. The SMILES string of the molecule is C=CCN(C(=O)c1ccc(Cl)cc1)C1CCC(c2ccc(CNCCCCO)cc2)CC1. The molecule has 2 aromatic rings. The minimum atomic E-state index is 0.0564. The lowest BCUT2D eigenvalue weighted by atomic mass is 9.81. The monoisotopic (exact) mass is 454 g/mol. The van der Waals surface area contributed by atoms with Gasteiger partial charge in [0.2, 0.25) is 0 Å². The quantitative estimate of drug-likeness (QED) is 0.345. The molecular weight excluding hydrogens is 420 g/mol. The molecule has 1 fully saturated rings. The zero-order chi connectivity index (χ0) is 22.8. The van der Waals surface area contributed by atoms with Gasteiger partial charge in [-0.05, 0) is 86.4 Å². The van der Waals surface area contributed by atoms with Gasteiger partial charge in [0.05, 0.1) is 0 Å². The van der Waals surface area contributed by atoms with Crippen LogP contribution in [-0.2, 0) is 6.54 Å². The minimum absolute atomic E-state index is 0.0564. The molecule has 0 radical (unpaired) electrons. The van der Waals surface area contributed by atoms with Crippen LogP contribution < -0.4 is 5.32 Å². The maximum absolute atomic E-state index is 13.1. The van der Waals surface area contributed by atoms with Gasteiger partial charge >= 0.3 is 0 Å². The normalized spacial score (nSPS) is 18.3. The number of aliphatic hydroxyl groups is 1. The topological polar surface area (TPSA) is 52.6 Å². The molecule has 3 rings (SSSR count). The Balaban J connectivity index is 1.53. The van der Waals surface area contributed by atoms with Crippen molar-refractivity contribution in [2.45, 2.75) is 57.0 Å². The van der Waals surface area contributed by atoms with Crippen molar-refractivity contribution in [2.24, 2.45) is 0 Å². The van der Waals surface area contributed by atoms with E-state index in [4.69, 9.17) is 16.7 Å². The number of benzene rings is 2. The summed E-state index contributed by atoms with van der Waals surface area (Å²) in [5.41, 5.74) is 3.36. The number of nitrogens with one attached hydrogen (secondary N) is 1. The van der Waals surface area contributed by atoms with Crippen molar-refractivity contribution in [2.75, 3.05) is 19.7 Å². The molecule has 0 aliphatic heterocycles. The van der Waals surface area contributed by atoms with Gasteiger partial charge < -0.3 is 15.3 Å². The smallest absolute Gasteiger partial charge is 0.254 e. The van der Waals surface area contributed by atoms with E-state index in [0.29, 0.717) is 23.0 Å². The maximum Gasteiger partial charge on any atom is 0.254 e. The molecule has 0 aromatic heterocycles. The highest BCUT2D eigenvalue weighted by molar-refractivity contribution is 6.30. The van der Waals surface area contributed by atoms with Crippen LogP contribution in [0, 0.1) is 0 Å². The second-order valence-electron chi connectivity index (χ2n) is 8.61. The van der Waals surface area contributed by atoms with E-state index in [1.807, 2.05) is 11.0 Å². The van der Waals surface area contributed by atoms with Gasteiger partial charge in [0.25, 0.3) is 5.91 Å². The van der Waals surface area contributed by atoms with Crippen LogP contribution in [0.4, 0.5) is 0 Å². The maximum atomic E-state index is 13.1. The lowest BCUT2D eigenvalue weighted by Gasteiger charge is -2.36. The van der Waals surface area contributed by atoms with Crippen LogP contribution in [0.15, 0.2) is 61.2 Å². The van der Waals surface area contributed by atoms with Gasteiger partial charge in [0, 0.05) is 36.3 Å². The third kappa shape index (κ3) is 6.93. The predicted octanol–water partition coefficient (Wildman–Crippen LogP) is 5.56. The van der Waals surface area contributed by atoms with E-state index in [1.165, 1.54) is 11.1 Å². The van der Waals surface area contributed by atoms with Crippen LogP contribution in [0.2, 0.25) is 5.02 Å². The van der Waals surface area contributed by atoms with Crippen molar-refractivity contribution in [3.05, 3.63) is 82.9 Å². The molecule has 0 unspecified atom stereocenters. The molecule has 2 aromatic carbocycles. The van der Waals surface area contributed by atoms with Gasteiger partial charge in [-0.25, -0.2) is 0 Å². The Morgan fingerprint density at radius 2 is 1.75 bits per heavy atom. The molecule has 4 nitrogen and oxygen atoms in total. The number of hydrogen-bond donors (Lipinski definition) is 2. The number of rotatable bonds is 11. The Kier molecular flexibility index (Phi) is 9.79. The first-order valence-corrected chi connectivity index (χ1v) is 12.1. The second-order valence-corrected chi connectivity index (χ2v) is 9.04. The van der Waals surface area contributed by atoms with Gasteiger partial charge in [0.1, 0.15) is 0 Å². The van der Waals surface area contributed by atoms with E-state index in [9.17, 15) is 4.79 Å². The largest absolute Gasteiger partial charge is 0.396 e. The fourth-order valence-electron chi connectivity index (χ4n) is 4.52. The minimum Gasteiger partial charge on any atom is -0.396 e. The summed E-state index contributed by atoms with van der Waals surface area (Å²) in [6.07, 6.45) is 7.86. The summed E-state index contributed by atoms with van der Waals surface area (Å²) in [7, 11) is 0. The third-order valence-corrected chi connectivity index (χ3v) is 6.61. The molecule has 1 amide bonds. The average molecular weight is 455 g/mol. The molecule has 32 heavy (non-hydrogen) atoms. The molecule has 1 saturated carbocycles. The third-order valence-electron chi connectivity index (χ3n) is 6.36. The summed E-state index contributed by atoms with van der Waals surface area (Å²) in [5, 5.41) is 12.9. The van der Waals surface area contributed by atoms with Crippen molar-refractivity contribution < 1.29 is 9.90 Å². The highest BCUT2D eigenvalue weighted by Crippen LogP contribution is 2.35. The summed E-state index contributed by atoms with van der Waals surface area (Å²) >= 11 is 5.98. The van der Waals surface area contributed by atoms with Crippen molar-refractivity contribution in [3.8, 4) is 0 Å². The van der Waals surface area contributed by atoms with E-state index in [0.717, 1.165) is 51.6 Å². The van der Waals surface area contributed by atoms with Crippen LogP contribution in [0.3, 0.4) is 0 Å². The number of carbonyl (C=O) groups excluding carboxylic acids is 1. The first kappa shape index (κ1) is 24.5. The molecule has 0 bridgehead atoms. The van der Waals surface area contributed by atoms with E-state index in [-0.39, 0.29) is 18.6 Å². The molecule has 0 saturated heterocycles. The number of amides is 1. The number of nitrogens with zero attached hydrogens (tertiary/aromatic N) is 1. The Bertz CT molecular complexity index is 843. The predicted molar refractivity (Wildman–Crippen MR) is 132 cm³/mol. The van der Waals surface area contributed by atoms with Crippen LogP contribution in [0.25, 0.3) is 0 Å². The van der Waals surface area contributed by atoms with E-state index in [2.05, 4.69) is 36.2 Å². The molecule has 5 heteroatoms. The van der Waals surface area contributed by atoms with Gasteiger partial charge in [-0.2, -0.15) is 0 Å². The first-order valence-electron chi connectivity index (χ1n) is 11.7.